The summed E-state index contributed by atoms with van der Waals surface area (Å²) in [7, 11) is -3.33. The van der Waals surface area contributed by atoms with Gasteiger partial charge in [0.2, 0.25) is 10.0 Å². The Morgan fingerprint density at radius 3 is 2.81 bits per heavy atom. The van der Waals surface area contributed by atoms with Crippen LogP contribution in [-0.4, -0.2) is 72.1 Å². The van der Waals surface area contributed by atoms with Gasteiger partial charge in [0.05, 0.1) is 18.5 Å². The van der Waals surface area contributed by atoms with Crippen molar-refractivity contribution < 1.29 is 17.9 Å². The first-order valence-electron chi connectivity index (χ1n) is 9.30. The summed E-state index contributed by atoms with van der Waals surface area (Å²) in [6.07, 6.45) is 3.56. The van der Waals surface area contributed by atoms with E-state index in [4.69, 9.17) is 4.74 Å². The molecule has 2 saturated heterocycles. The Labute approximate surface area is 157 Å². The predicted octanol–water partition coefficient (Wildman–Crippen LogP) is -0.417. The Balaban J connectivity index is 1.53. The number of aromatic nitrogens is 2. The normalized spacial score (nSPS) is 26.3. The summed E-state index contributed by atoms with van der Waals surface area (Å²) in [5.74, 6) is 0.497. The minimum Gasteiger partial charge on any atom is -0.368 e. The Bertz CT molecular complexity index is 906. The number of rotatable bonds is 3. The van der Waals surface area contributed by atoms with E-state index >= 15 is 0 Å². The van der Waals surface area contributed by atoms with Gasteiger partial charge in [0.25, 0.3) is 11.5 Å². The number of fused-ring (bicyclic) bond motifs is 1. The van der Waals surface area contributed by atoms with Gasteiger partial charge in [-0.05, 0) is 25.7 Å². The largest absolute Gasteiger partial charge is 0.368 e. The Morgan fingerprint density at radius 1 is 1.30 bits per heavy atom. The maximum atomic E-state index is 12.5. The maximum absolute atomic E-state index is 12.5. The lowest BCUT2D eigenvalue weighted by atomic mass is 10.1. The molecule has 10 heteroatoms. The van der Waals surface area contributed by atoms with Crippen LogP contribution in [-0.2, 0) is 32.5 Å². The first-order chi connectivity index (χ1) is 12.8. The number of carbonyl (C=O) groups is 1. The average Bonchev–Trinajstić information content (AvgIpc) is 3.32. The molecule has 1 N–H and O–H groups in total. The Kier molecular flexibility index (Phi) is 4.81. The van der Waals surface area contributed by atoms with E-state index in [0.717, 1.165) is 25.5 Å². The van der Waals surface area contributed by atoms with Crippen molar-refractivity contribution in [3.8, 4) is 0 Å². The molecule has 0 bridgehead atoms. The molecule has 0 aliphatic carbocycles. The van der Waals surface area contributed by atoms with Gasteiger partial charge >= 0.3 is 0 Å². The number of nitrogens with zero attached hydrogens (tertiary/aromatic N) is 3. The molecule has 9 nitrogen and oxygen atoms in total. The topological polar surface area (TPSA) is 113 Å². The standard InChI is InChI=1S/C17H24N4O5S/c1-27(24,25)21-7-5-12-13(10-21)18-15(19-16(12)22)11-4-6-20(9-11)17(23)14-3-2-8-26-14/h11,14H,2-10H2,1H3,(H,18,19,22)/t11-,14+/m1/s1. The van der Waals surface area contributed by atoms with E-state index in [1.54, 1.807) is 4.90 Å². The molecule has 3 aliphatic rings. The number of nitrogens with one attached hydrogen (secondary N) is 1. The number of amides is 1. The number of aromatic amines is 1. The summed E-state index contributed by atoms with van der Waals surface area (Å²) in [5.41, 5.74) is 0.880. The lowest BCUT2D eigenvalue weighted by Crippen LogP contribution is -2.39. The van der Waals surface area contributed by atoms with Crippen LogP contribution in [0.4, 0.5) is 0 Å². The van der Waals surface area contributed by atoms with Crippen molar-refractivity contribution >= 4 is 15.9 Å². The number of hydrogen-bond donors (Lipinski definition) is 1. The summed E-state index contributed by atoms with van der Waals surface area (Å²) >= 11 is 0. The zero-order chi connectivity index (χ0) is 19.2. The Morgan fingerprint density at radius 2 is 2.11 bits per heavy atom. The molecule has 1 aromatic rings. The van der Waals surface area contributed by atoms with Crippen molar-refractivity contribution in [2.24, 2.45) is 0 Å². The molecule has 1 aromatic heterocycles. The van der Waals surface area contributed by atoms with Crippen molar-refractivity contribution in [3.63, 3.8) is 0 Å². The molecular formula is C17H24N4O5S. The fourth-order valence-corrected chi connectivity index (χ4v) is 4.85. The van der Waals surface area contributed by atoms with Gasteiger partial charge < -0.3 is 14.6 Å². The molecule has 27 heavy (non-hydrogen) atoms. The molecule has 0 unspecified atom stereocenters. The van der Waals surface area contributed by atoms with Gasteiger partial charge in [0, 0.05) is 37.7 Å². The van der Waals surface area contributed by atoms with Crippen LogP contribution in [0.15, 0.2) is 4.79 Å². The molecule has 1 amide bonds. The SMILES string of the molecule is CS(=O)(=O)N1CCc2c(nc([C@@H]3CCN(C(=O)[C@@H]4CCCO4)C3)[nH]c2=O)C1. The van der Waals surface area contributed by atoms with Crippen molar-refractivity contribution in [1.82, 2.24) is 19.2 Å². The van der Waals surface area contributed by atoms with Gasteiger partial charge in [-0.3, -0.25) is 9.59 Å². The Hall–Kier alpha value is -1.78. The smallest absolute Gasteiger partial charge is 0.254 e. The second-order valence-electron chi connectivity index (χ2n) is 7.49. The van der Waals surface area contributed by atoms with Crippen LogP contribution < -0.4 is 5.56 Å². The van der Waals surface area contributed by atoms with Gasteiger partial charge in [0.1, 0.15) is 11.9 Å². The first-order valence-corrected chi connectivity index (χ1v) is 11.2. The summed E-state index contributed by atoms with van der Waals surface area (Å²) in [4.78, 5) is 34.2. The van der Waals surface area contributed by atoms with Gasteiger partial charge in [0.15, 0.2) is 0 Å². The third-order valence-electron chi connectivity index (χ3n) is 5.62. The third kappa shape index (κ3) is 3.65. The zero-order valence-corrected chi connectivity index (χ0v) is 16.1. The van der Waals surface area contributed by atoms with Crippen molar-refractivity contribution in [2.75, 3.05) is 32.5 Å². The van der Waals surface area contributed by atoms with Crippen LogP contribution in [0.2, 0.25) is 0 Å². The molecule has 4 heterocycles. The van der Waals surface area contributed by atoms with Crippen LogP contribution in [0.1, 0.15) is 42.3 Å². The lowest BCUT2D eigenvalue weighted by molar-refractivity contribution is -0.139. The summed E-state index contributed by atoms with van der Waals surface area (Å²) in [6, 6.07) is 0. The highest BCUT2D eigenvalue weighted by Gasteiger charge is 2.35. The highest BCUT2D eigenvalue weighted by molar-refractivity contribution is 7.88. The molecule has 2 atom stereocenters. The minimum atomic E-state index is -3.33. The molecule has 148 valence electrons. The first kappa shape index (κ1) is 18.6. The van der Waals surface area contributed by atoms with E-state index in [9.17, 15) is 18.0 Å². The maximum Gasteiger partial charge on any atom is 0.254 e. The number of sulfonamides is 1. The molecule has 3 aliphatic heterocycles. The summed E-state index contributed by atoms with van der Waals surface area (Å²) in [5, 5.41) is 0. The highest BCUT2D eigenvalue weighted by atomic mass is 32.2. The number of ether oxygens (including phenoxy) is 1. The van der Waals surface area contributed by atoms with Gasteiger partial charge in [-0.1, -0.05) is 0 Å². The zero-order valence-electron chi connectivity index (χ0n) is 15.3. The number of likely N-dealkylation sites (tertiary alicyclic amines) is 1. The van der Waals surface area contributed by atoms with Crippen LogP contribution >= 0.6 is 0 Å². The number of H-pyrrole nitrogens is 1. The molecule has 0 spiro atoms. The number of hydrogen-bond acceptors (Lipinski definition) is 6. The lowest BCUT2D eigenvalue weighted by Gasteiger charge is -2.26. The molecule has 0 aromatic carbocycles. The van der Waals surface area contributed by atoms with Crippen molar-refractivity contribution in [1.29, 1.82) is 0 Å². The van der Waals surface area contributed by atoms with Crippen LogP contribution in [0.3, 0.4) is 0 Å². The third-order valence-corrected chi connectivity index (χ3v) is 6.87. The molecule has 0 saturated carbocycles. The van der Waals surface area contributed by atoms with Crippen molar-refractivity contribution in [2.45, 2.75) is 44.2 Å². The fraction of sp³-hybridized carbons (Fsp3) is 0.706. The van der Waals surface area contributed by atoms with Gasteiger partial charge in [-0.15, -0.1) is 0 Å². The summed E-state index contributed by atoms with van der Waals surface area (Å²) in [6.45, 7) is 2.15. The van der Waals surface area contributed by atoms with E-state index in [2.05, 4.69) is 9.97 Å². The second-order valence-corrected chi connectivity index (χ2v) is 9.48. The minimum absolute atomic E-state index is 0.0126. The summed E-state index contributed by atoms with van der Waals surface area (Å²) < 4.78 is 30.5. The van der Waals surface area contributed by atoms with Crippen LogP contribution in [0.25, 0.3) is 0 Å². The van der Waals surface area contributed by atoms with Crippen molar-refractivity contribution in [3.05, 3.63) is 27.4 Å². The van der Waals surface area contributed by atoms with Gasteiger partial charge in [-0.2, -0.15) is 4.31 Å². The van der Waals surface area contributed by atoms with E-state index in [1.165, 1.54) is 4.31 Å². The molecule has 4 rings (SSSR count). The molecular weight excluding hydrogens is 372 g/mol. The van der Waals surface area contributed by atoms with E-state index in [-0.39, 0.29) is 30.0 Å². The van der Waals surface area contributed by atoms with E-state index in [0.29, 0.717) is 49.7 Å². The average molecular weight is 396 g/mol. The predicted molar refractivity (Wildman–Crippen MR) is 96.7 cm³/mol. The molecule has 0 radical (unpaired) electrons. The van der Waals surface area contributed by atoms with Crippen LogP contribution in [0, 0.1) is 0 Å². The van der Waals surface area contributed by atoms with E-state index in [1.807, 2.05) is 0 Å². The quantitative estimate of drug-likeness (QED) is 0.743. The van der Waals surface area contributed by atoms with Gasteiger partial charge in [-0.25, -0.2) is 13.4 Å². The van der Waals surface area contributed by atoms with Crippen LogP contribution in [0.5, 0.6) is 0 Å². The number of carbonyl (C=O) groups excluding carboxylic acids is 1. The fourth-order valence-electron chi connectivity index (χ4n) is 4.07. The van der Waals surface area contributed by atoms with E-state index < -0.39 is 10.0 Å². The molecule has 2 fully saturated rings. The monoisotopic (exact) mass is 396 g/mol. The second kappa shape index (κ2) is 6.99. The highest BCUT2D eigenvalue weighted by Crippen LogP contribution is 2.27.